The van der Waals surface area contributed by atoms with Crippen LogP contribution in [0.2, 0.25) is 0 Å². The minimum Gasteiger partial charge on any atom is -0.395 e. The molecule has 2 nitrogen and oxygen atoms in total. The highest BCUT2D eigenvalue weighted by molar-refractivity contribution is 5.41. The second kappa shape index (κ2) is 7.59. The van der Waals surface area contributed by atoms with Crippen LogP contribution in [-0.2, 0) is 6.54 Å². The Labute approximate surface area is 127 Å². The second-order valence-electron chi connectivity index (χ2n) is 5.74. The molecule has 1 saturated heterocycles. The van der Waals surface area contributed by atoms with E-state index in [9.17, 15) is 4.39 Å². The van der Waals surface area contributed by atoms with Crippen molar-refractivity contribution in [3.05, 3.63) is 35.1 Å². The number of hydrogen-bond acceptors (Lipinski definition) is 2. The zero-order valence-electron chi connectivity index (χ0n) is 12.9. The zero-order valence-corrected chi connectivity index (χ0v) is 12.9. The molecule has 0 radical (unpaired) electrons. The van der Waals surface area contributed by atoms with Gasteiger partial charge in [-0.3, -0.25) is 4.90 Å². The third kappa shape index (κ3) is 4.06. The van der Waals surface area contributed by atoms with Crippen LogP contribution in [0.1, 0.15) is 50.7 Å². The average molecular weight is 289 g/mol. The van der Waals surface area contributed by atoms with Gasteiger partial charge >= 0.3 is 0 Å². The van der Waals surface area contributed by atoms with E-state index in [1.54, 1.807) is 0 Å². The monoisotopic (exact) mass is 289 g/mol. The summed E-state index contributed by atoms with van der Waals surface area (Å²) in [4.78, 5) is 2.50. The van der Waals surface area contributed by atoms with Crippen LogP contribution in [0, 0.1) is 17.7 Å². The topological polar surface area (TPSA) is 23.5 Å². The Morgan fingerprint density at radius 3 is 2.90 bits per heavy atom. The van der Waals surface area contributed by atoms with Crippen LogP contribution in [0.15, 0.2) is 18.2 Å². The molecular weight excluding hydrogens is 265 g/mol. The Morgan fingerprint density at radius 2 is 2.19 bits per heavy atom. The van der Waals surface area contributed by atoms with Crippen LogP contribution >= 0.6 is 0 Å². The maximum absolute atomic E-state index is 13.5. The highest BCUT2D eigenvalue weighted by atomic mass is 19.1. The van der Waals surface area contributed by atoms with Crippen LogP contribution in [0.3, 0.4) is 0 Å². The van der Waals surface area contributed by atoms with Gasteiger partial charge in [-0.1, -0.05) is 24.8 Å². The van der Waals surface area contributed by atoms with Gasteiger partial charge in [-0.05, 0) is 43.9 Å². The average Bonchev–Trinajstić information content (AvgIpc) is 2.82. The third-order valence-electron chi connectivity index (χ3n) is 4.31. The third-order valence-corrected chi connectivity index (χ3v) is 4.31. The summed E-state index contributed by atoms with van der Waals surface area (Å²) in [6, 6.07) is 6.03. The predicted molar refractivity (Wildman–Crippen MR) is 83.3 cm³/mol. The fourth-order valence-electron chi connectivity index (χ4n) is 3.06. The fraction of sp³-hybridized carbons (Fsp3) is 0.556. The highest BCUT2D eigenvalue weighted by Gasteiger charge is 2.29. The summed E-state index contributed by atoms with van der Waals surface area (Å²) in [5.41, 5.74) is 1.83. The van der Waals surface area contributed by atoms with Gasteiger partial charge in [-0.15, -0.1) is 0 Å². The number of aliphatic hydroxyl groups is 1. The Balaban J connectivity index is 2.21. The van der Waals surface area contributed by atoms with E-state index in [2.05, 4.69) is 30.6 Å². The molecule has 1 aliphatic heterocycles. The first-order valence-electron chi connectivity index (χ1n) is 7.79. The van der Waals surface area contributed by atoms with Crippen LogP contribution in [-0.4, -0.2) is 28.7 Å². The lowest BCUT2D eigenvalue weighted by atomic mass is 10.1. The normalized spacial score (nSPS) is 22.1. The Morgan fingerprint density at radius 1 is 1.38 bits per heavy atom. The van der Waals surface area contributed by atoms with Crippen molar-refractivity contribution < 1.29 is 9.50 Å². The molecule has 0 aromatic heterocycles. The van der Waals surface area contributed by atoms with Crippen molar-refractivity contribution in [2.45, 2.75) is 58.2 Å². The quantitative estimate of drug-likeness (QED) is 0.860. The molecule has 114 valence electrons. The van der Waals surface area contributed by atoms with Gasteiger partial charge in [0, 0.05) is 30.6 Å². The van der Waals surface area contributed by atoms with Crippen molar-refractivity contribution in [2.75, 3.05) is 6.61 Å². The predicted octanol–water partition coefficient (Wildman–Crippen LogP) is 3.32. The molecule has 1 aromatic carbocycles. The number of hydrogen-bond donors (Lipinski definition) is 1. The summed E-state index contributed by atoms with van der Waals surface area (Å²) >= 11 is 0. The second-order valence-corrected chi connectivity index (χ2v) is 5.74. The van der Waals surface area contributed by atoms with E-state index in [-0.39, 0.29) is 12.4 Å². The Bertz CT molecular complexity index is 532. The SMILES string of the molecule is CCC1CCC(C)N1Cc1ccc(F)cc1C#CCCO. The number of benzene rings is 1. The van der Waals surface area contributed by atoms with Crippen LogP contribution < -0.4 is 0 Å². The van der Waals surface area contributed by atoms with Crippen LogP contribution in [0.5, 0.6) is 0 Å². The molecule has 1 fully saturated rings. The summed E-state index contributed by atoms with van der Waals surface area (Å²) in [6.07, 6.45) is 4.04. The number of rotatable bonds is 4. The fourth-order valence-corrected chi connectivity index (χ4v) is 3.06. The van der Waals surface area contributed by atoms with Crippen molar-refractivity contribution in [1.29, 1.82) is 0 Å². The minimum atomic E-state index is -0.256. The van der Waals surface area contributed by atoms with E-state index in [0.717, 1.165) is 24.1 Å². The lowest BCUT2D eigenvalue weighted by Gasteiger charge is -2.28. The molecule has 0 amide bonds. The lowest BCUT2D eigenvalue weighted by molar-refractivity contribution is 0.189. The summed E-state index contributed by atoms with van der Waals surface area (Å²) < 4.78 is 13.5. The van der Waals surface area contributed by atoms with Crippen molar-refractivity contribution >= 4 is 0 Å². The van der Waals surface area contributed by atoms with Gasteiger partial charge in [0.1, 0.15) is 5.82 Å². The molecule has 2 atom stereocenters. The molecule has 0 spiro atoms. The van der Waals surface area contributed by atoms with Crippen LogP contribution in [0.4, 0.5) is 4.39 Å². The molecule has 1 N–H and O–H groups in total. The van der Waals surface area contributed by atoms with Gasteiger partial charge in [0.05, 0.1) is 6.61 Å². The minimum absolute atomic E-state index is 0.0404. The van der Waals surface area contributed by atoms with E-state index < -0.39 is 0 Å². The molecule has 2 rings (SSSR count). The van der Waals surface area contributed by atoms with Gasteiger partial charge in [-0.25, -0.2) is 4.39 Å². The molecule has 0 aliphatic carbocycles. The number of likely N-dealkylation sites (tertiary alicyclic amines) is 1. The first-order chi connectivity index (χ1) is 10.2. The Kier molecular flexibility index (Phi) is 5.78. The molecule has 0 saturated carbocycles. The summed E-state index contributed by atoms with van der Waals surface area (Å²) in [7, 11) is 0. The molecule has 1 aliphatic rings. The first kappa shape index (κ1) is 16.0. The molecule has 21 heavy (non-hydrogen) atoms. The molecule has 1 aromatic rings. The van der Waals surface area contributed by atoms with Crippen molar-refractivity contribution in [3.63, 3.8) is 0 Å². The largest absolute Gasteiger partial charge is 0.395 e. The highest BCUT2D eigenvalue weighted by Crippen LogP contribution is 2.28. The lowest BCUT2D eigenvalue weighted by Crippen LogP contribution is -2.33. The van der Waals surface area contributed by atoms with E-state index in [4.69, 9.17) is 5.11 Å². The van der Waals surface area contributed by atoms with Crippen molar-refractivity contribution in [2.24, 2.45) is 0 Å². The molecule has 3 heteroatoms. The summed E-state index contributed by atoms with van der Waals surface area (Å²) in [5.74, 6) is 5.64. The van der Waals surface area contributed by atoms with Gasteiger partial charge in [-0.2, -0.15) is 0 Å². The van der Waals surface area contributed by atoms with Gasteiger partial charge < -0.3 is 5.11 Å². The van der Waals surface area contributed by atoms with Gasteiger partial charge in [0.25, 0.3) is 0 Å². The number of halogens is 1. The number of aliphatic hydroxyl groups excluding tert-OH is 1. The summed E-state index contributed by atoms with van der Waals surface area (Å²) in [6.45, 7) is 5.35. The van der Waals surface area contributed by atoms with Crippen LogP contribution in [0.25, 0.3) is 0 Å². The maximum atomic E-state index is 13.5. The van der Waals surface area contributed by atoms with E-state index in [1.165, 1.54) is 25.0 Å². The maximum Gasteiger partial charge on any atom is 0.124 e. The van der Waals surface area contributed by atoms with Gasteiger partial charge in [0.2, 0.25) is 0 Å². The first-order valence-corrected chi connectivity index (χ1v) is 7.79. The smallest absolute Gasteiger partial charge is 0.124 e. The number of nitrogens with zero attached hydrogens (tertiary/aromatic N) is 1. The summed E-state index contributed by atoms with van der Waals surface area (Å²) in [5, 5.41) is 8.81. The molecule has 1 heterocycles. The molecular formula is C18H24FNO. The van der Waals surface area contributed by atoms with Crippen molar-refractivity contribution in [1.82, 2.24) is 4.90 Å². The Hall–Kier alpha value is -1.37. The van der Waals surface area contributed by atoms with Gasteiger partial charge in [0.15, 0.2) is 0 Å². The molecule has 0 bridgehead atoms. The van der Waals surface area contributed by atoms with Crippen molar-refractivity contribution in [3.8, 4) is 11.8 Å². The molecule has 2 unspecified atom stereocenters. The van der Waals surface area contributed by atoms with E-state index in [0.29, 0.717) is 18.5 Å². The van der Waals surface area contributed by atoms with E-state index >= 15 is 0 Å². The zero-order chi connectivity index (χ0) is 15.2. The van der Waals surface area contributed by atoms with E-state index in [1.807, 2.05) is 6.07 Å². The standard InChI is InChI=1S/C18H24FNO/c1-3-18-10-7-14(2)20(18)13-16-8-9-17(19)12-15(16)6-4-5-11-21/h8-9,12,14,18,21H,3,5,7,10-11,13H2,1-2H3.